The van der Waals surface area contributed by atoms with Crippen LogP contribution in [0.4, 0.5) is 5.69 Å². The molecule has 0 spiro atoms. The maximum atomic E-state index is 12.8. The lowest BCUT2D eigenvalue weighted by atomic mass is 10.3. The number of halogens is 1. The van der Waals surface area contributed by atoms with Crippen molar-refractivity contribution in [3.63, 3.8) is 0 Å². The number of nitrogens with zero attached hydrogens (tertiary/aromatic N) is 2. The van der Waals surface area contributed by atoms with Crippen molar-refractivity contribution in [3.05, 3.63) is 41.7 Å². The number of aromatic nitrogens is 1. The number of anilines is 1. The van der Waals surface area contributed by atoms with E-state index in [2.05, 4.69) is 9.71 Å². The smallest absolute Gasteiger partial charge is 0.265 e. The van der Waals surface area contributed by atoms with Gasteiger partial charge in [-0.05, 0) is 37.3 Å². The maximum absolute atomic E-state index is 12.8. The van der Waals surface area contributed by atoms with Crippen molar-refractivity contribution < 1.29 is 21.6 Å². The number of hydrogen-bond donors (Lipinski definition) is 1. The van der Waals surface area contributed by atoms with Gasteiger partial charge in [0.25, 0.3) is 10.0 Å². The molecule has 0 amide bonds. The lowest BCUT2D eigenvalue weighted by Crippen LogP contribution is -2.30. The molecule has 8 nitrogen and oxygen atoms in total. The highest BCUT2D eigenvalue weighted by atomic mass is 35.5. The molecular weight excluding hydrogens is 426 g/mol. The van der Waals surface area contributed by atoms with Crippen LogP contribution in [-0.4, -0.2) is 45.8 Å². The van der Waals surface area contributed by atoms with Gasteiger partial charge < -0.3 is 4.74 Å². The average Bonchev–Trinajstić information content (AvgIpc) is 2.64. The monoisotopic (exact) mass is 447 g/mol. The van der Waals surface area contributed by atoms with Gasteiger partial charge in [0.05, 0.1) is 17.2 Å². The van der Waals surface area contributed by atoms with Gasteiger partial charge in [0.15, 0.2) is 0 Å². The lowest BCUT2D eigenvalue weighted by molar-refractivity contribution is 0.341. The first kappa shape index (κ1) is 22.4. The molecule has 0 radical (unpaired) electrons. The summed E-state index contributed by atoms with van der Waals surface area (Å²) < 4.78 is 60.1. The first-order valence-electron chi connectivity index (χ1n) is 8.57. The number of benzene rings is 1. The van der Waals surface area contributed by atoms with Crippen LogP contribution in [0, 0.1) is 0 Å². The third kappa shape index (κ3) is 4.75. The van der Waals surface area contributed by atoms with Gasteiger partial charge in [-0.25, -0.2) is 21.8 Å². The molecule has 2 aromatic rings. The Morgan fingerprint density at radius 3 is 2.36 bits per heavy atom. The van der Waals surface area contributed by atoms with E-state index in [4.69, 9.17) is 16.3 Å². The molecule has 0 unspecified atom stereocenters. The molecule has 0 bridgehead atoms. The predicted octanol–water partition coefficient (Wildman–Crippen LogP) is 2.97. The fraction of sp³-hybridized carbons (Fsp3) is 0.353. The molecule has 0 fully saturated rings. The zero-order valence-corrected chi connectivity index (χ0v) is 18.1. The van der Waals surface area contributed by atoms with Gasteiger partial charge in [-0.15, -0.1) is 0 Å². The number of sulfonamides is 2. The second-order valence-electron chi connectivity index (χ2n) is 5.58. The van der Waals surface area contributed by atoms with Crippen LogP contribution in [0.15, 0.2) is 46.3 Å². The van der Waals surface area contributed by atoms with E-state index in [0.29, 0.717) is 13.1 Å². The van der Waals surface area contributed by atoms with E-state index in [0.717, 1.165) is 0 Å². The molecular formula is C17H22ClN3O5S2. The summed E-state index contributed by atoms with van der Waals surface area (Å²) in [6, 6.07) is 6.77. The second-order valence-corrected chi connectivity index (χ2v) is 9.52. The molecule has 0 saturated carbocycles. The summed E-state index contributed by atoms with van der Waals surface area (Å²) >= 11 is 5.89. The van der Waals surface area contributed by atoms with Crippen molar-refractivity contribution in [2.75, 3.05) is 24.4 Å². The minimum Gasteiger partial charge on any atom is -0.492 e. The number of pyridine rings is 1. The average molecular weight is 448 g/mol. The van der Waals surface area contributed by atoms with E-state index < -0.39 is 20.0 Å². The number of hydrogen-bond acceptors (Lipinski definition) is 6. The van der Waals surface area contributed by atoms with Crippen molar-refractivity contribution >= 4 is 37.3 Å². The Hall–Kier alpha value is -1.88. The van der Waals surface area contributed by atoms with Gasteiger partial charge in [0.2, 0.25) is 10.0 Å². The highest BCUT2D eigenvalue weighted by molar-refractivity contribution is 7.93. The predicted molar refractivity (Wildman–Crippen MR) is 108 cm³/mol. The van der Waals surface area contributed by atoms with Crippen molar-refractivity contribution in [1.29, 1.82) is 0 Å². The topological polar surface area (TPSA) is 106 Å². The van der Waals surface area contributed by atoms with Gasteiger partial charge in [-0.3, -0.25) is 4.72 Å². The molecule has 1 aromatic carbocycles. The fourth-order valence-electron chi connectivity index (χ4n) is 2.51. The first-order chi connectivity index (χ1) is 13.2. The molecule has 0 atom stereocenters. The summed E-state index contributed by atoms with van der Waals surface area (Å²) in [7, 11) is -7.89. The van der Waals surface area contributed by atoms with Crippen LogP contribution in [-0.2, 0) is 20.0 Å². The maximum Gasteiger partial charge on any atom is 0.265 e. The normalized spacial score (nSPS) is 12.2. The zero-order valence-electron chi connectivity index (χ0n) is 15.7. The van der Waals surface area contributed by atoms with E-state index in [-0.39, 0.29) is 33.0 Å². The molecule has 0 aliphatic carbocycles. The van der Waals surface area contributed by atoms with E-state index >= 15 is 0 Å². The third-order valence-corrected chi connectivity index (χ3v) is 7.71. The minimum absolute atomic E-state index is 0.00463. The van der Waals surface area contributed by atoms with E-state index in [9.17, 15) is 16.8 Å². The van der Waals surface area contributed by atoms with Crippen LogP contribution in [0.5, 0.6) is 5.75 Å². The Bertz CT molecular complexity index is 1040. The van der Waals surface area contributed by atoms with Crippen LogP contribution < -0.4 is 9.46 Å². The van der Waals surface area contributed by atoms with Crippen LogP contribution in [0.2, 0.25) is 5.15 Å². The molecule has 11 heteroatoms. The fourth-order valence-corrected chi connectivity index (χ4v) is 5.51. The summed E-state index contributed by atoms with van der Waals surface area (Å²) in [5.41, 5.74) is -0.00463. The van der Waals surface area contributed by atoms with Gasteiger partial charge in [-0.1, -0.05) is 25.4 Å². The van der Waals surface area contributed by atoms with Crippen molar-refractivity contribution in [3.8, 4) is 5.75 Å². The number of nitrogens with one attached hydrogen (secondary N) is 1. The Morgan fingerprint density at radius 1 is 1.11 bits per heavy atom. The van der Waals surface area contributed by atoms with E-state index in [1.165, 1.54) is 40.8 Å². The lowest BCUT2D eigenvalue weighted by Gasteiger charge is -2.20. The van der Waals surface area contributed by atoms with Crippen molar-refractivity contribution in [2.45, 2.75) is 30.6 Å². The van der Waals surface area contributed by atoms with Crippen molar-refractivity contribution in [2.24, 2.45) is 0 Å². The Kier molecular flexibility index (Phi) is 7.27. The summed E-state index contributed by atoms with van der Waals surface area (Å²) in [4.78, 5) is 3.49. The Labute approximate surface area is 170 Å². The van der Waals surface area contributed by atoms with Crippen LogP contribution in [0.25, 0.3) is 0 Å². The van der Waals surface area contributed by atoms with Crippen LogP contribution in [0.3, 0.4) is 0 Å². The van der Waals surface area contributed by atoms with Gasteiger partial charge in [-0.2, -0.15) is 4.31 Å². The minimum atomic E-state index is -4.11. The van der Waals surface area contributed by atoms with Crippen LogP contribution >= 0.6 is 11.6 Å². The summed E-state index contributed by atoms with van der Waals surface area (Å²) in [5.74, 6) is 0.199. The van der Waals surface area contributed by atoms with E-state index in [1.807, 2.05) is 0 Å². The highest BCUT2D eigenvalue weighted by Crippen LogP contribution is 2.32. The third-order valence-electron chi connectivity index (χ3n) is 3.85. The van der Waals surface area contributed by atoms with Gasteiger partial charge in [0, 0.05) is 19.3 Å². The molecule has 28 heavy (non-hydrogen) atoms. The molecule has 0 aliphatic heterocycles. The zero-order chi connectivity index (χ0) is 20.9. The van der Waals surface area contributed by atoms with Crippen molar-refractivity contribution in [1.82, 2.24) is 9.29 Å². The first-order valence-corrected chi connectivity index (χ1v) is 11.9. The van der Waals surface area contributed by atoms with Gasteiger partial charge in [0.1, 0.15) is 15.8 Å². The highest BCUT2D eigenvalue weighted by Gasteiger charge is 2.25. The summed E-state index contributed by atoms with van der Waals surface area (Å²) in [6.45, 7) is 6.03. The number of ether oxygens (including phenoxy) is 1. The molecule has 0 aliphatic rings. The van der Waals surface area contributed by atoms with Gasteiger partial charge >= 0.3 is 0 Å². The summed E-state index contributed by atoms with van der Waals surface area (Å²) in [5, 5.41) is -0.195. The van der Waals surface area contributed by atoms with E-state index in [1.54, 1.807) is 20.8 Å². The molecule has 1 heterocycles. The molecule has 2 rings (SSSR count). The standard InChI is InChI=1S/C17H22ClN3O5S2/c1-4-21(5-2)28(24,25)13-9-10-15(26-6-3)14(12-13)20-27(22,23)16-8-7-11-19-17(16)18/h7-12,20H,4-6H2,1-3H3. The molecule has 154 valence electrons. The quantitative estimate of drug-likeness (QED) is 0.592. The van der Waals surface area contributed by atoms with Crippen LogP contribution in [0.1, 0.15) is 20.8 Å². The molecule has 1 aromatic heterocycles. The SMILES string of the molecule is CCOc1ccc(S(=O)(=O)N(CC)CC)cc1NS(=O)(=O)c1cccnc1Cl. The summed E-state index contributed by atoms with van der Waals surface area (Å²) in [6.07, 6.45) is 1.37. The molecule has 1 N–H and O–H groups in total. The largest absolute Gasteiger partial charge is 0.492 e. The molecule has 0 saturated heterocycles. The Balaban J connectivity index is 2.54. The Morgan fingerprint density at radius 2 is 1.79 bits per heavy atom. The number of rotatable bonds is 9. The second kappa shape index (κ2) is 9.08.